The number of benzene rings is 1. The number of alkyl halides is 3. The molecule has 0 spiro atoms. The Morgan fingerprint density at radius 1 is 1.13 bits per heavy atom. The maximum atomic E-state index is 12.7. The van der Waals surface area contributed by atoms with Crippen LogP contribution in [0.2, 0.25) is 0 Å². The van der Waals surface area contributed by atoms with Crippen LogP contribution in [-0.4, -0.2) is 42.5 Å². The Balaban J connectivity index is 1.50. The van der Waals surface area contributed by atoms with E-state index in [0.29, 0.717) is 28.6 Å². The Bertz CT molecular complexity index is 841. The van der Waals surface area contributed by atoms with E-state index in [-0.39, 0.29) is 11.8 Å². The Hall–Kier alpha value is -2.07. The lowest BCUT2D eigenvalue weighted by Crippen LogP contribution is -2.37. The Morgan fingerprint density at radius 2 is 1.83 bits per heavy atom. The average Bonchev–Trinajstić information content (AvgIpc) is 2.67. The molecule has 2 N–H and O–H groups in total. The van der Waals surface area contributed by atoms with Crippen molar-refractivity contribution in [2.75, 3.05) is 24.3 Å². The average molecular weight is 488 g/mol. The topological polar surface area (TPSA) is 62.3 Å². The Labute approximate surface area is 182 Å². The first-order valence-electron chi connectivity index (χ1n) is 9.74. The summed E-state index contributed by atoms with van der Waals surface area (Å²) in [5, 5.41) is 6.83. The molecule has 0 radical (unpaired) electrons. The number of anilines is 2. The summed E-state index contributed by atoms with van der Waals surface area (Å²) in [6.07, 6.45) is 0.768. The molecule has 6 nitrogen and oxygen atoms in total. The molecule has 0 saturated heterocycles. The van der Waals surface area contributed by atoms with Crippen LogP contribution in [0.25, 0.3) is 0 Å². The van der Waals surface area contributed by atoms with Gasteiger partial charge in [0, 0.05) is 49.0 Å². The van der Waals surface area contributed by atoms with Gasteiger partial charge in [0.2, 0.25) is 5.95 Å². The zero-order valence-electron chi connectivity index (χ0n) is 16.8. The number of rotatable bonds is 7. The molecule has 1 fully saturated rings. The second-order valence-corrected chi connectivity index (χ2v) is 8.43. The van der Waals surface area contributed by atoms with E-state index >= 15 is 0 Å². The van der Waals surface area contributed by atoms with Crippen molar-refractivity contribution < 1.29 is 17.9 Å². The molecule has 0 amide bonds. The summed E-state index contributed by atoms with van der Waals surface area (Å²) >= 11 is 3.19. The summed E-state index contributed by atoms with van der Waals surface area (Å²) in [4.78, 5) is 10.6. The molecule has 3 rings (SSSR count). The highest BCUT2D eigenvalue weighted by Crippen LogP contribution is 2.30. The quantitative estimate of drug-likeness (QED) is 0.589. The minimum atomic E-state index is -4.72. The van der Waals surface area contributed by atoms with E-state index in [1.807, 2.05) is 25.1 Å². The summed E-state index contributed by atoms with van der Waals surface area (Å²) in [7, 11) is 3.79. The molecule has 1 aliphatic carbocycles. The van der Waals surface area contributed by atoms with Gasteiger partial charge < -0.3 is 20.3 Å². The largest absolute Gasteiger partial charge is 0.573 e. The van der Waals surface area contributed by atoms with Crippen molar-refractivity contribution in [1.82, 2.24) is 15.3 Å². The number of aromatic nitrogens is 2. The third-order valence-electron chi connectivity index (χ3n) is 4.96. The molecule has 10 heteroatoms. The highest BCUT2D eigenvalue weighted by atomic mass is 79.9. The number of halogens is 4. The van der Waals surface area contributed by atoms with Crippen LogP contribution in [0.15, 0.2) is 34.9 Å². The number of hydrogen-bond donors (Lipinski definition) is 2. The van der Waals surface area contributed by atoms with E-state index in [1.54, 1.807) is 18.3 Å². The van der Waals surface area contributed by atoms with Crippen LogP contribution in [-0.2, 0) is 6.54 Å². The van der Waals surface area contributed by atoms with Crippen molar-refractivity contribution >= 4 is 27.7 Å². The van der Waals surface area contributed by atoms with Gasteiger partial charge in [-0.05, 0) is 43.9 Å². The first-order chi connectivity index (χ1) is 14.2. The molecule has 1 aromatic heterocycles. The third-order valence-corrected chi connectivity index (χ3v) is 5.45. The van der Waals surface area contributed by atoms with Crippen molar-refractivity contribution in [2.24, 2.45) is 0 Å². The van der Waals surface area contributed by atoms with Crippen LogP contribution in [0, 0.1) is 0 Å². The van der Waals surface area contributed by atoms with E-state index in [1.165, 1.54) is 6.07 Å². The van der Waals surface area contributed by atoms with E-state index in [2.05, 4.69) is 41.3 Å². The number of nitrogens with zero attached hydrogens (tertiary/aromatic N) is 3. The standard InChI is InChI=1S/C20H25BrF3N5O/c1-29(2)19-25-10-9-18(28-19)27-16-7-5-15(6-8-16)26-12-13-3-4-14(21)11-17(13)30-20(22,23)24/h3-4,9-11,15-16,26H,5-8,12H2,1-2H3,(H,25,27,28). The van der Waals surface area contributed by atoms with Crippen molar-refractivity contribution in [2.45, 2.75) is 50.7 Å². The third kappa shape index (κ3) is 6.73. The highest BCUT2D eigenvalue weighted by Gasteiger charge is 2.32. The zero-order chi connectivity index (χ0) is 21.7. The minimum absolute atomic E-state index is 0.180. The van der Waals surface area contributed by atoms with Crippen LogP contribution in [0.4, 0.5) is 24.9 Å². The number of ether oxygens (including phenoxy) is 1. The summed E-state index contributed by atoms with van der Waals surface area (Å²) in [5.41, 5.74) is 0.480. The fraction of sp³-hybridized carbons (Fsp3) is 0.500. The number of hydrogen-bond acceptors (Lipinski definition) is 6. The van der Waals surface area contributed by atoms with Gasteiger partial charge in [0.15, 0.2) is 0 Å². The van der Waals surface area contributed by atoms with Crippen molar-refractivity contribution in [3.63, 3.8) is 0 Å². The van der Waals surface area contributed by atoms with Crippen LogP contribution in [0.1, 0.15) is 31.2 Å². The van der Waals surface area contributed by atoms with Gasteiger partial charge in [0.1, 0.15) is 11.6 Å². The smallest absolute Gasteiger partial charge is 0.405 e. The van der Waals surface area contributed by atoms with Crippen molar-refractivity contribution in [1.29, 1.82) is 0 Å². The summed E-state index contributed by atoms with van der Waals surface area (Å²) in [6.45, 7) is 0.319. The van der Waals surface area contributed by atoms with Gasteiger partial charge in [-0.1, -0.05) is 22.0 Å². The summed E-state index contributed by atoms with van der Waals surface area (Å²) < 4.78 is 42.7. The van der Waals surface area contributed by atoms with E-state index in [0.717, 1.165) is 31.5 Å². The van der Waals surface area contributed by atoms with Crippen LogP contribution in [0.5, 0.6) is 5.75 Å². The zero-order valence-corrected chi connectivity index (χ0v) is 18.4. The molecule has 30 heavy (non-hydrogen) atoms. The second-order valence-electron chi connectivity index (χ2n) is 7.51. The lowest BCUT2D eigenvalue weighted by molar-refractivity contribution is -0.274. The Morgan fingerprint density at radius 3 is 2.50 bits per heavy atom. The van der Waals surface area contributed by atoms with E-state index < -0.39 is 6.36 Å². The molecule has 0 bridgehead atoms. The highest BCUT2D eigenvalue weighted by molar-refractivity contribution is 9.10. The molecule has 1 aromatic carbocycles. The fourth-order valence-corrected chi connectivity index (χ4v) is 3.78. The van der Waals surface area contributed by atoms with Crippen LogP contribution >= 0.6 is 15.9 Å². The van der Waals surface area contributed by atoms with Crippen molar-refractivity contribution in [3.8, 4) is 5.75 Å². The minimum Gasteiger partial charge on any atom is -0.405 e. The molecular weight excluding hydrogens is 463 g/mol. The fourth-order valence-electron chi connectivity index (χ4n) is 3.44. The maximum Gasteiger partial charge on any atom is 0.573 e. The second kappa shape index (κ2) is 9.82. The van der Waals surface area contributed by atoms with Gasteiger partial charge in [-0.2, -0.15) is 4.98 Å². The van der Waals surface area contributed by atoms with Gasteiger partial charge in [0.05, 0.1) is 0 Å². The van der Waals surface area contributed by atoms with E-state index in [4.69, 9.17) is 0 Å². The maximum absolute atomic E-state index is 12.7. The Kier molecular flexibility index (Phi) is 7.41. The van der Waals surface area contributed by atoms with Gasteiger partial charge in [-0.3, -0.25) is 0 Å². The predicted octanol–water partition coefficient (Wildman–Crippen LogP) is 4.72. The van der Waals surface area contributed by atoms with Crippen LogP contribution in [0.3, 0.4) is 0 Å². The number of nitrogens with one attached hydrogen (secondary N) is 2. The normalized spacial score (nSPS) is 19.4. The van der Waals surface area contributed by atoms with Gasteiger partial charge in [0.25, 0.3) is 0 Å². The first kappa shape index (κ1) is 22.6. The molecule has 1 aliphatic rings. The summed E-state index contributed by atoms with van der Waals surface area (Å²) in [6, 6.07) is 7.10. The molecule has 1 heterocycles. The van der Waals surface area contributed by atoms with Gasteiger partial charge in [-0.25, -0.2) is 4.98 Å². The van der Waals surface area contributed by atoms with E-state index in [9.17, 15) is 13.2 Å². The molecule has 164 valence electrons. The molecule has 0 aliphatic heterocycles. The molecule has 0 atom stereocenters. The molecule has 2 aromatic rings. The monoisotopic (exact) mass is 487 g/mol. The SMILES string of the molecule is CN(C)c1nccc(NC2CCC(NCc3ccc(Br)cc3OC(F)(F)F)CC2)n1. The van der Waals surface area contributed by atoms with Gasteiger partial charge in [-0.15, -0.1) is 13.2 Å². The molecule has 1 saturated carbocycles. The lowest BCUT2D eigenvalue weighted by Gasteiger charge is -2.30. The van der Waals surface area contributed by atoms with Gasteiger partial charge >= 0.3 is 6.36 Å². The predicted molar refractivity (Wildman–Crippen MR) is 114 cm³/mol. The lowest BCUT2D eigenvalue weighted by atomic mass is 9.91. The first-order valence-corrected chi connectivity index (χ1v) is 10.5. The summed E-state index contributed by atoms with van der Waals surface area (Å²) in [5.74, 6) is 1.27. The van der Waals surface area contributed by atoms with Crippen molar-refractivity contribution in [3.05, 3.63) is 40.5 Å². The van der Waals surface area contributed by atoms with Crippen LogP contribution < -0.4 is 20.3 Å². The molecular formula is C20H25BrF3N5O. The molecule has 0 unspecified atom stereocenters.